The Morgan fingerprint density at radius 3 is 2.17 bits per heavy atom. The normalized spacial score (nSPS) is 9.72. The highest BCUT2D eigenvalue weighted by atomic mass is 16.4. The van der Waals surface area contributed by atoms with Crippen molar-refractivity contribution in [2.45, 2.75) is 0 Å². The Morgan fingerprint density at radius 1 is 1.06 bits per heavy atom. The summed E-state index contributed by atoms with van der Waals surface area (Å²) >= 11 is 0. The summed E-state index contributed by atoms with van der Waals surface area (Å²) in [5.41, 5.74) is 1.92. The van der Waals surface area contributed by atoms with Gasteiger partial charge in [0.2, 0.25) is 0 Å². The number of nitrogens with zero attached hydrogens (tertiary/aromatic N) is 1. The van der Waals surface area contributed by atoms with Crippen molar-refractivity contribution in [2.75, 3.05) is 0 Å². The molecule has 0 heterocycles. The number of rotatable bonds is 2. The van der Waals surface area contributed by atoms with E-state index in [0.717, 1.165) is 11.1 Å². The van der Waals surface area contributed by atoms with Crippen LogP contribution in [0.3, 0.4) is 0 Å². The van der Waals surface area contributed by atoms with E-state index in [1.54, 1.807) is 18.2 Å². The highest BCUT2D eigenvalue weighted by Gasteiger charge is 2.05. The fraction of sp³-hybridized carbons (Fsp3) is 0. The number of phenolic OH excluding ortho intramolecular Hbond substituents is 1. The number of aromatic hydroxyl groups is 1. The summed E-state index contributed by atoms with van der Waals surface area (Å²) in [5.74, 6) is -1.07. The monoisotopic (exact) mass is 239 g/mol. The van der Waals surface area contributed by atoms with E-state index >= 15 is 0 Å². The summed E-state index contributed by atoms with van der Waals surface area (Å²) in [4.78, 5) is 10.7. The van der Waals surface area contributed by atoms with Crippen LogP contribution in [0.2, 0.25) is 0 Å². The largest absolute Gasteiger partial charge is 0.507 e. The molecular formula is C14H9NO3. The Labute approximate surface area is 103 Å². The van der Waals surface area contributed by atoms with E-state index in [1.807, 2.05) is 6.07 Å². The summed E-state index contributed by atoms with van der Waals surface area (Å²) in [6, 6.07) is 12.9. The summed E-state index contributed by atoms with van der Waals surface area (Å²) < 4.78 is 0. The minimum Gasteiger partial charge on any atom is -0.507 e. The van der Waals surface area contributed by atoms with Gasteiger partial charge in [0.25, 0.3) is 0 Å². The lowest BCUT2D eigenvalue weighted by molar-refractivity contribution is 0.0697. The Hall–Kier alpha value is -2.80. The van der Waals surface area contributed by atoms with Crippen molar-refractivity contribution in [1.82, 2.24) is 0 Å². The predicted molar refractivity (Wildman–Crippen MR) is 65.2 cm³/mol. The van der Waals surface area contributed by atoms with Crippen molar-refractivity contribution >= 4 is 5.97 Å². The van der Waals surface area contributed by atoms with Crippen molar-refractivity contribution in [3.05, 3.63) is 53.6 Å². The second kappa shape index (κ2) is 4.60. The first-order valence-electron chi connectivity index (χ1n) is 5.18. The summed E-state index contributed by atoms with van der Waals surface area (Å²) in [6.07, 6.45) is 0. The summed E-state index contributed by atoms with van der Waals surface area (Å²) in [5, 5.41) is 27.1. The van der Waals surface area contributed by atoms with Crippen molar-refractivity contribution in [3.63, 3.8) is 0 Å². The number of carboxylic acid groups (broad SMARTS) is 1. The van der Waals surface area contributed by atoms with Gasteiger partial charge in [-0.05, 0) is 35.4 Å². The SMILES string of the molecule is N#Cc1ccc(-c2ccc(C(=O)O)cc2)cc1O. The number of carbonyl (C=O) groups is 1. The van der Waals surface area contributed by atoms with Crippen LogP contribution in [-0.2, 0) is 0 Å². The minimum atomic E-state index is -0.982. The summed E-state index contributed by atoms with van der Waals surface area (Å²) in [6.45, 7) is 0. The van der Waals surface area contributed by atoms with E-state index in [9.17, 15) is 9.90 Å². The minimum absolute atomic E-state index is 0.0858. The third kappa shape index (κ3) is 2.15. The molecule has 0 aliphatic heterocycles. The van der Waals surface area contributed by atoms with Crippen molar-refractivity contribution in [3.8, 4) is 22.9 Å². The first kappa shape index (κ1) is 11.7. The number of aromatic carboxylic acids is 1. The molecule has 0 unspecified atom stereocenters. The van der Waals surface area contributed by atoms with Crippen LogP contribution >= 0.6 is 0 Å². The fourth-order valence-electron chi connectivity index (χ4n) is 1.61. The molecular weight excluding hydrogens is 230 g/mol. The first-order valence-corrected chi connectivity index (χ1v) is 5.18. The van der Waals surface area contributed by atoms with Crippen LogP contribution in [0, 0.1) is 11.3 Å². The maximum Gasteiger partial charge on any atom is 0.335 e. The van der Waals surface area contributed by atoms with Gasteiger partial charge in [0, 0.05) is 0 Å². The van der Waals surface area contributed by atoms with Gasteiger partial charge in [0.05, 0.1) is 11.1 Å². The topological polar surface area (TPSA) is 81.3 Å². The maximum atomic E-state index is 10.7. The quantitative estimate of drug-likeness (QED) is 0.844. The molecule has 0 spiro atoms. The van der Waals surface area contributed by atoms with Crippen molar-refractivity contribution in [2.24, 2.45) is 0 Å². The first-order chi connectivity index (χ1) is 8.61. The molecule has 2 rings (SSSR count). The van der Waals surface area contributed by atoms with E-state index in [-0.39, 0.29) is 16.9 Å². The molecule has 18 heavy (non-hydrogen) atoms. The van der Waals surface area contributed by atoms with Crippen molar-refractivity contribution in [1.29, 1.82) is 5.26 Å². The van der Waals surface area contributed by atoms with Gasteiger partial charge >= 0.3 is 5.97 Å². The Balaban J connectivity index is 2.40. The molecule has 2 aromatic carbocycles. The van der Waals surface area contributed by atoms with Gasteiger partial charge in [-0.15, -0.1) is 0 Å². The third-order valence-corrected chi connectivity index (χ3v) is 2.58. The molecule has 0 aliphatic rings. The van der Waals surface area contributed by atoms with Gasteiger partial charge in [0.1, 0.15) is 11.8 Å². The lowest BCUT2D eigenvalue weighted by atomic mass is 10.0. The smallest absolute Gasteiger partial charge is 0.335 e. The predicted octanol–water partition coefficient (Wildman–Crippen LogP) is 2.63. The van der Waals surface area contributed by atoms with Crippen LogP contribution in [0.4, 0.5) is 0 Å². The molecule has 0 aromatic heterocycles. The number of benzene rings is 2. The molecule has 0 amide bonds. The molecule has 0 saturated carbocycles. The molecule has 4 heteroatoms. The molecule has 2 N–H and O–H groups in total. The number of hydrogen-bond donors (Lipinski definition) is 2. The Bertz CT molecular complexity index is 639. The van der Waals surface area contributed by atoms with Gasteiger partial charge < -0.3 is 10.2 Å². The van der Waals surface area contributed by atoms with E-state index < -0.39 is 5.97 Å². The van der Waals surface area contributed by atoms with Crippen molar-refractivity contribution < 1.29 is 15.0 Å². The van der Waals surface area contributed by atoms with E-state index in [1.165, 1.54) is 24.3 Å². The van der Waals surface area contributed by atoms with Gasteiger partial charge in [0.15, 0.2) is 0 Å². The Morgan fingerprint density at radius 2 is 1.67 bits per heavy atom. The van der Waals surface area contributed by atoms with E-state index in [4.69, 9.17) is 10.4 Å². The highest BCUT2D eigenvalue weighted by Crippen LogP contribution is 2.26. The molecule has 0 saturated heterocycles. The molecule has 0 atom stereocenters. The van der Waals surface area contributed by atoms with Gasteiger partial charge in [-0.3, -0.25) is 0 Å². The van der Waals surface area contributed by atoms with Gasteiger partial charge in [-0.1, -0.05) is 18.2 Å². The molecule has 0 radical (unpaired) electrons. The number of hydrogen-bond acceptors (Lipinski definition) is 3. The van der Waals surface area contributed by atoms with Crippen LogP contribution in [0.25, 0.3) is 11.1 Å². The Kier molecular flexibility index (Phi) is 2.98. The molecule has 0 bridgehead atoms. The second-order valence-electron chi connectivity index (χ2n) is 3.73. The van der Waals surface area contributed by atoms with Crippen LogP contribution in [-0.4, -0.2) is 16.2 Å². The lowest BCUT2D eigenvalue weighted by Gasteiger charge is -2.04. The second-order valence-corrected chi connectivity index (χ2v) is 3.73. The zero-order valence-corrected chi connectivity index (χ0v) is 9.29. The average Bonchev–Trinajstić information content (AvgIpc) is 2.38. The fourth-order valence-corrected chi connectivity index (χ4v) is 1.61. The summed E-state index contributed by atoms with van der Waals surface area (Å²) in [7, 11) is 0. The highest BCUT2D eigenvalue weighted by molar-refractivity contribution is 5.88. The number of carboxylic acids is 1. The van der Waals surface area contributed by atoms with Crippen LogP contribution in [0.15, 0.2) is 42.5 Å². The molecule has 88 valence electrons. The standard InChI is InChI=1S/C14H9NO3/c15-8-12-6-5-11(7-13(12)16)9-1-3-10(4-2-9)14(17)18/h1-7,16H,(H,17,18). The molecule has 0 fully saturated rings. The zero-order valence-electron chi connectivity index (χ0n) is 9.29. The number of nitriles is 1. The van der Waals surface area contributed by atoms with Gasteiger partial charge in [-0.2, -0.15) is 5.26 Å². The molecule has 2 aromatic rings. The van der Waals surface area contributed by atoms with Crippen LogP contribution < -0.4 is 0 Å². The van der Waals surface area contributed by atoms with E-state index in [2.05, 4.69) is 0 Å². The molecule has 4 nitrogen and oxygen atoms in total. The molecule has 0 aliphatic carbocycles. The van der Waals surface area contributed by atoms with Crippen LogP contribution in [0.1, 0.15) is 15.9 Å². The van der Waals surface area contributed by atoms with Gasteiger partial charge in [-0.25, -0.2) is 4.79 Å². The zero-order chi connectivity index (χ0) is 13.1. The van der Waals surface area contributed by atoms with Crippen LogP contribution in [0.5, 0.6) is 5.75 Å². The lowest BCUT2D eigenvalue weighted by Crippen LogP contribution is -1.94. The number of phenols is 1. The maximum absolute atomic E-state index is 10.7. The van der Waals surface area contributed by atoms with E-state index in [0.29, 0.717) is 0 Å². The average molecular weight is 239 g/mol. The third-order valence-electron chi connectivity index (χ3n) is 2.58.